The van der Waals surface area contributed by atoms with Crippen LogP contribution in [-0.4, -0.2) is 64.8 Å². The summed E-state index contributed by atoms with van der Waals surface area (Å²) >= 11 is 0.974. The van der Waals surface area contributed by atoms with Crippen LogP contribution < -0.4 is 0 Å². The van der Waals surface area contributed by atoms with Gasteiger partial charge in [0.25, 0.3) is 0 Å². The van der Waals surface area contributed by atoms with Crippen LogP contribution in [0.15, 0.2) is 45.6 Å². The number of hydrogen-bond acceptors (Lipinski definition) is 8. The molecule has 12 heteroatoms. The molecule has 0 aliphatic carbocycles. The third-order valence-electron chi connectivity index (χ3n) is 7.10. The highest BCUT2D eigenvalue weighted by atomic mass is 32.2. The average molecular weight is 594 g/mol. The summed E-state index contributed by atoms with van der Waals surface area (Å²) in [5.41, 5.74) is 0.447. The van der Waals surface area contributed by atoms with Crippen LogP contribution in [0.1, 0.15) is 62.8 Å². The number of thioether (sulfide) groups is 1. The number of carbonyl (C=O) groups excluding carboxylic acids is 3. The van der Waals surface area contributed by atoms with Crippen LogP contribution in [0, 0.1) is 19.8 Å². The van der Waals surface area contributed by atoms with Crippen LogP contribution in [0.4, 0.5) is 13.2 Å². The third-order valence-corrected chi connectivity index (χ3v) is 7.99. The molecule has 3 aliphatic heterocycles. The van der Waals surface area contributed by atoms with E-state index in [2.05, 4.69) is 4.99 Å². The van der Waals surface area contributed by atoms with Crippen molar-refractivity contribution < 1.29 is 37.0 Å². The predicted molar refractivity (Wildman–Crippen MR) is 148 cm³/mol. The van der Waals surface area contributed by atoms with E-state index in [0.29, 0.717) is 36.2 Å². The summed E-state index contributed by atoms with van der Waals surface area (Å²) in [6.45, 7) is 9.35. The van der Waals surface area contributed by atoms with Gasteiger partial charge in [0.05, 0.1) is 36.7 Å². The van der Waals surface area contributed by atoms with Crippen molar-refractivity contribution in [2.45, 2.75) is 72.2 Å². The van der Waals surface area contributed by atoms with E-state index in [0.717, 1.165) is 17.3 Å². The van der Waals surface area contributed by atoms with Gasteiger partial charge in [-0.2, -0.15) is 13.2 Å². The number of hydrogen-bond donors (Lipinski definition) is 0. The molecule has 222 valence electrons. The summed E-state index contributed by atoms with van der Waals surface area (Å²) in [7, 11) is 0. The zero-order valence-electron chi connectivity index (χ0n) is 23.7. The maximum Gasteiger partial charge on any atom is 0.434 e. The lowest BCUT2D eigenvalue weighted by molar-refractivity contribution is -0.151. The number of allylic oxidation sites excluding steroid dienone is 1. The van der Waals surface area contributed by atoms with Crippen molar-refractivity contribution in [3.63, 3.8) is 0 Å². The minimum atomic E-state index is -4.92. The minimum absolute atomic E-state index is 0.0233. The molecule has 8 nitrogen and oxygen atoms in total. The van der Waals surface area contributed by atoms with Crippen LogP contribution in [-0.2, 0) is 23.9 Å². The van der Waals surface area contributed by atoms with Crippen molar-refractivity contribution in [2.24, 2.45) is 10.9 Å². The molecule has 1 amide bonds. The molecule has 3 heterocycles. The van der Waals surface area contributed by atoms with Gasteiger partial charge in [-0.15, -0.1) is 0 Å². The number of piperidine rings is 1. The van der Waals surface area contributed by atoms with E-state index in [9.17, 15) is 27.6 Å². The number of nitrogens with zero attached hydrogens (tertiary/aromatic N) is 3. The first-order chi connectivity index (χ1) is 19.3. The molecule has 1 aromatic rings. The van der Waals surface area contributed by atoms with Crippen LogP contribution in [0.3, 0.4) is 0 Å². The van der Waals surface area contributed by atoms with Crippen molar-refractivity contribution in [1.82, 2.24) is 9.80 Å². The zero-order valence-corrected chi connectivity index (χ0v) is 24.5. The number of esters is 2. The Hall–Kier alpha value is -3.28. The first kappa shape index (κ1) is 30.7. The fourth-order valence-electron chi connectivity index (χ4n) is 5.23. The summed E-state index contributed by atoms with van der Waals surface area (Å²) < 4.78 is 53.7. The highest BCUT2D eigenvalue weighted by molar-refractivity contribution is 8.16. The molecule has 1 saturated heterocycles. The normalized spacial score (nSPS) is 21.0. The SMILES string of the molecule is CCOC(=O)C1CCCN(C(=O)CC2=CSC3=NC(C(F)(F)F)=C(C(=O)OC(C)C)C(c4cc(C)ccc4C)N23)C1. The lowest BCUT2D eigenvalue weighted by Crippen LogP contribution is -2.44. The smallest absolute Gasteiger partial charge is 0.434 e. The van der Waals surface area contributed by atoms with Crippen molar-refractivity contribution in [1.29, 1.82) is 0 Å². The lowest BCUT2D eigenvalue weighted by Gasteiger charge is -2.38. The molecule has 0 N–H and O–H groups in total. The lowest BCUT2D eigenvalue weighted by atomic mass is 9.89. The second-order valence-electron chi connectivity index (χ2n) is 10.6. The summed E-state index contributed by atoms with van der Waals surface area (Å²) in [5.74, 6) is -2.16. The second kappa shape index (κ2) is 12.3. The van der Waals surface area contributed by atoms with Gasteiger partial charge in [0.15, 0.2) is 10.9 Å². The number of amidine groups is 1. The maximum absolute atomic E-state index is 14.4. The van der Waals surface area contributed by atoms with E-state index >= 15 is 0 Å². The number of ether oxygens (including phenoxy) is 2. The monoisotopic (exact) mass is 593 g/mol. The molecule has 3 aliphatic rings. The van der Waals surface area contributed by atoms with Gasteiger partial charge in [-0.05, 0) is 64.0 Å². The van der Waals surface area contributed by atoms with Gasteiger partial charge in [0.1, 0.15) is 0 Å². The van der Waals surface area contributed by atoms with Gasteiger partial charge in [-0.25, -0.2) is 9.79 Å². The van der Waals surface area contributed by atoms with Gasteiger partial charge >= 0.3 is 18.1 Å². The quantitative estimate of drug-likeness (QED) is 0.383. The predicted octanol–water partition coefficient (Wildman–Crippen LogP) is 5.56. The first-order valence-corrected chi connectivity index (χ1v) is 14.5. The van der Waals surface area contributed by atoms with E-state index < -0.39 is 41.5 Å². The molecule has 0 saturated carbocycles. The van der Waals surface area contributed by atoms with Crippen molar-refractivity contribution in [2.75, 3.05) is 19.7 Å². The molecule has 0 radical (unpaired) electrons. The maximum atomic E-state index is 14.4. The largest absolute Gasteiger partial charge is 0.466 e. The van der Waals surface area contributed by atoms with E-state index in [-0.39, 0.29) is 36.6 Å². The Morgan fingerprint density at radius 2 is 1.93 bits per heavy atom. The number of benzene rings is 1. The first-order valence-electron chi connectivity index (χ1n) is 13.6. The Balaban J connectivity index is 1.74. The van der Waals surface area contributed by atoms with Gasteiger partial charge in [0, 0.05) is 18.8 Å². The fourth-order valence-corrected chi connectivity index (χ4v) is 6.15. The molecule has 2 atom stereocenters. The molecule has 0 aromatic heterocycles. The number of fused-ring (bicyclic) bond motifs is 1. The standard InChI is InChI=1S/C29H34F3N3O5S/c1-6-39-26(37)19-8-7-11-34(14-19)22(36)13-20-15-41-28-33-25(29(30,31)32)23(27(38)40-16(2)3)24(35(20)28)21-12-17(4)9-10-18(21)5/h9-10,12,15-16,19,24H,6-8,11,13-14H2,1-5H3. The number of aryl methyl sites for hydroxylation is 2. The Labute approximate surface area is 241 Å². The number of amides is 1. The molecule has 2 unspecified atom stereocenters. The van der Waals surface area contributed by atoms with Crippen LogP contribution in [0.25, 0.3) is 0 Å². The van der Waals surface area contributed by atoms with E-state index in [1.165, 1.54) is 0 Å². The highest BCUT2D eigenvalue weighted by Gasteiger charge is 2.50. The number of alkyl halides is 3. The third kappa shape index (κ3) is 6.63. The molecule has 1 aromatic carbocycles. The number of aliphatic imine (C=N–C) groups is 1. The van der Waals surface area contributed by atoms with E-state index in [4.69, 9.17) is 9.47 Å². The number of rotatable bonds is 7. The van der Waals surface area contributed by atoms with E-state index in [1.54, 1.807) is 55.0 Å². The van der Waals surface area contributed by atoms with Crippen LogP contribution >= 0.6 is 11.8 Å². The molecular weight excluding hydrogens is 559 g/mol. The Morgan fingerprint density at radius 1 is 1.20 bits per heavy atom. The van der Waals surface area contributed by atoms with Crippen molar-refractivity contribution in [3.8, 4) is 0 Å². The summed E-state index contributed by atoms with van der Waals surface area (Å²) in [4.78, 5) is 46.2. The topological polar surface area (TPSA) is 88.5 Å². The van der Waals surface area contributed by atoms with Gasteiger partial charge < -0.3 is 19.3 Å². The number of halogens is 3. The minimum Gasteiger partial charge on any atom is -0.466 e. The summed E-state index contributed by atoms with van der Waals surface area (Å²) in [6, 6.07) is 4.16. The van der Waals surface area contributed by atoms with Crippen molar-refractivity contribution in [3.05, 3.63) is 57.3 Å². The van der Waals surface area contributed by atoms with Crippen molar-refractivity contribution >= 4 is 34.8 Å². The zero-order chi connectivity index (χ0) is 30.1. The van der Waals surface area contributed by atoms with E-state index in [1.807, 2.05) is 13.0 Å². The second-order valence-corrected chi connectivity index (χ2v) is 11.4. The Bertz CT molecular complexity index is 1320. The average Bonchev–Trinajstić information content (AvgIpc) is 3.30. The fraction of sp³-hybridized carbons (Fsp3) is 0.517. The molecule has 4 rings (SSSR count). The molecule has 41 heavy (non-hydrogen) atoms. The van der Waals surface area contributed by atoms with Gasteiger partial charge in [-0.1, -0.05) is 35.5 Å². The van der Waals surface area contributed by atoms with Crippen LogP contribution in [0.2, 0.25) is 0 Å². The molecular formula is C29H34F3N3O5S. The molecule has 1 fully saturated rings. The van der Waals surface area contributed by atoms with Gasteiger partial charge in [0.2, 0.25) is 5.91 Å². The summed E-state index contributed by atoms with van der Waals surface area (Å²) in [5, 5.41) is 1.63. The Kier molecular flexibility index (Phi) is 9.20. The highest BCUT2D eigenvalue weighted by Crippen LogP contribution is 2.49. The molecule has 0 bridgehead atoms. The van der Waals surface area contributed by atoms with Gasteiger partial charge in [-0.3, -0.25) is 9.59 Å². The number of carbonyl (C=O) groups is 3. The molecule has 0 spiro atoms. The Morgan fingerprint density at radius 3 is 2.59 bits per heavy atom. The summed E-state index contributed by atoms with van der Waals surface area (Å²) in [6.07, 6.45) is -4.48. The number of likely N-dealkylation sites (tertiary alicyclic amines) is 1. The van der Waals surface area contributed by atoms with Crippen LogP contribution in [0.5, 0.6) is 0 Å².